The van der Waals surface area contributed by atoms with Crippen molar-refractivity contribution in [2.75, 3.05) is 6.61 Å². The predicted octanol–water partition coefficient (Wildman–Crippen LogP) is -3.10. The summed E-state index contributed by atoms with van der Waals surface area (Å²) in [5, 5.41) is 18.6. The summed E-state index contributed by atoms with van der Waals surface area (Å²) in [6.07, 6.45) is -5.13. The van der Waals surface area contributed by atoms with Crippen LogP contribution in [0.4, 0.5) is 4.39 Å². The number of H-pyrrole nitrogens is 1. The first-order valence-electron chi connectivity index (χ1n) is 6.33. The maximum Gasteiger partial charge on any atom is 0.330 e. The summed E-state index contributed by atoms with van der Waals surface area (Å²) >= 11 is 0. The Labute approximate surface area is 122 Å². The summed E-state index contributed by atoms with van der Waals surface area (Å²) in [6, 6.07) is 0. The number of nitrogens with one attached hydrogen (secondary N) is 1. The van der Waals surface area contributed by atoms with Gasteiger partial charge in [0.05, 0.1) is 18.7 Å². The number of ether oxygens (including phenoxy) is 1. The van der Waals surface area contributed by atoms with E-state index >= 15 is 0 Å². The molecule has 1 aliphatic heterocycles. The van der Waals surface area contributed by atoms with Crippen LogP contribution in [0.5, 0.6) is 0 Å². The first kappa shape index (κ1) is 16.1. The molecule has 0 spiro atoms. The van der Waals surface area contributed by atoms with Crippen LogP contribution >= 0.6 is 0 Å². The van der Waals surface area contributed by atoms with Gasteiger partial charge in [-0.1, -0.05) is 0 Å². The molecule has 1 fully saturated rings. The first-order chi connectivity index (χ1) is 10.3. The SMILES string of the molecule is NC(N)=NCc1cn([C@@H]2O[C@H](CO)[C@@H](O)[C@H]2F)c(=O)[nH]c1=O. The fraction of sp³-hybridized carbons (Fsp3) is 0.545. The van der Waals surface area contributed by atoms with Crippen molar-refractivity contribution in [1.82, 2.24) is 9.55 Å². The van der Waals surface area contributed by atoms with Gasteiger partial charge in [0.2, 0.25) is 0 Å². The molecule has 0 aromatic carbocycles. The highest BCUT2D eigenvalue weighted by atomic mass is 19.1. The van der Waals surface area contributed by atoms with Crippen LogP contribution in [-0.2, 0) is 11.3 Å². The lowest BCUT2D eigenvalue weighted by molar-refractivity contribution is -0.0492. The maximum absolute atomic E-state index is 14.0. The number of aliphatic hydroxyl groups excluding tert-OH is 2. The van der Waals surface area contributed by atoms with Crippen molar-refractivity contribution in [3.8, 4) is 0 Å². The second-order valence-corrected chi connectivity index (χ2v) is 4.74. The fourth-order valence-electron chi connectivity index (χ4n) is 2.08. The second kappa shape index (κ2) is 6.25. The van der Waals surface area contributed by atoms with E-state index in [0.717, 1.165) is 10.8 Å². The molecule has 0 saturated carbocycles. The third-order valence-corrected chi connectivity index (χ3v) is 3.22. The largest absolute Gasteiger partial charge is 0.394 e. The smallest absolute Gasteiger partial charge is 0.330 e. The number of aliphatic hydroxyl groups is 2. The van der Waals surface area contributed by atoms with E-state index in [9.17, 15) is 19.1 Å². The van der Waals surface area contributed by atoms with Gasteiger partial charge < -0.3 is 26.4 Å². The van der Waals surface area contributed by atoms with Crippen LogP contribution in [0.15, 0.2) is 20.8 Å². The van der Waals surface area contributed by atoms with Crippen molar-refractivity contribution in [3.63, 3.8) is 0 Å². The Morgan fingerprint density at radius 2 is 2.18 bits per heavy atom. The number of aromatic nitrogens is 2. The van der Waals surface area contributed by atoms with Crippen LogP contribution in [0.2, 0.25) is 0 Å². The van der Waals surface area contributed by atoms with Gasteiger partial charge in [0.1, 0.15) is 12.2 Å². The number of nitrogens with zero attached hydrogens (tertiary/aromatic N) is 2. The van der Waals surface area contributed by atoms with Gasteiger partial charge >= 0.3 is 5.69 Å². The van der Waals surface area contributed by atoms with E-state index in [-0.39, 0.29) is 18.1 Å². The number of halogens is 1. The lowest BCUT2D eigenvalue weighted by Gasteiger charge is -2.16. The van der Waals surface area contributed by atoms with Crippen molar-refractivity contribution in [1.29, 1.82) is 0 Å². The summed E-state index contributed by atoms with van der Waals surface area (Å²) in [7, 11) is 0. The molecule has 11 heteroatoms. The molecular formula is C11H16FN5O5. The zero-order valence-electron chi connectivity index (χ0n) is 11.3. The molecule has 122 valence electrons. The van der Waals surface area contributed by atoms with Gasteiger partial charge in [-0.25, -0.2) is 14.2 Å². The Morgan fingerprint density at radius 3 is 2.73 bits per heavy atom. The quantitative estimate of drug-likeness (QED) is 0.289. The molecule has 22 heavy (non-hydrogen) atoms. The van der Waals surface area contributed by atoms with Gasteiger partial charge in [-0.15, -0.1) is 0 Å². The summed E-state index contributed by atoms with van der Waals surface area (Å²) in [5.41, 5.74) is 8.68. The Balaban J connectivity index is 2.39. The fourth-order valence-corrected chi connectivity index (χ4v) is 2.08. The zero-order valence-corrected chi connectivity index (χ0v) is 11.3. The number of hydrogen-bond acceptors (Lipinski definition) is 6. The summed E-state index contributed by atoms with van der Waals surface area (Å²) in [6.45, 7) is -0.829. The van der Waals surface area contributed by atoms with E-state index in [0.29, 0.717) is 0 Å². The van der Waals surface area contributed by atoms with Gasteiger partial charge in [0, 0.05) is 6.20 Å². The third kappa shape index (κ3) is 3.00. The monoisotopic (exact) mass is 317 g/mol. The maximum atomic E-state index is 14.0. The number of aromatic amines is 1. The van der Waals surface area contributed by atoms with E-state index in [2.05, 4.69) is 4.99 Å². The van der Waals surface area contributed by atoms with Crippen LogP contribution in [0.1, 0.15) is 11.8 Å². The molecule has 1 aromatic rings. The van der Waals surface area contributed by atoms with Crippen molar-refractivity contribution in [2.24, 2.45) is 16.5 Å². The van der Waals surface area contributed by atoms with E-state index < -0.39 is 42.5 Å². The summed E-state index contributed by atoms with van der Waals surface area (Å²) in [4.78, 5) is 29.1. The van der Waals surface area contributed by atoms with Crippen LogP contribution in [0.25, 0.3) is 0 Å². The number of hydrogen-bond donors (Lipinski definition) is 5. The Hall–Kier alpha value is -2.24. The molecule has 0 radical (unpaired) electrons. The van der Waals surface area contributed by atoms with Gasteiger partial charge in [0.15, 0.2) is 18.4 Å². The molecule has 1 saturated heterocycles. The topological polar surface area (TPSA) is 169 Å². The average Bonchev–Trinajstić information content (AvgIpc) is 2.74. The van der Waals surface area contributed by atoms with Gasteiger partial charge in [-0.3, -0.25) is 14.3 Å². The third-order valence-electron chi connectivity index (χ3n) is 3.22. The minimum absolute atomic E-state index is 0.00531. The van der Waals surface area contributed by atoms with Gasteiger partial charge in [-0.05, 0) is 0 Å². The molecule has 7 N–H and O–H groups in total. The molecule has 10 nitrogen and oxygen atoms in total. The minimum atomic E-state index is -1.95. The molecule has 2 heterocycles. The van der Waals surface area contributed by atoms with Crippen LogP contribution in [0.3, 0.4) is 0 Å². The molecule has 0 aliphatic carbocycles. The highest BCUT2D eigenvalue weighted by Crippen LogP contribution is 2.30. The van der Waals surface area contributed by atoms with Crippen LogP contribution < -0.4 is 22.7 Å². The highest BCUT2D eigenvalue weighted by Gasteiger charge is 2.45. The molecular weight excluding hydrogens is 301 g/mol. The molecule has 4 atom stereocenters. The lowest BCUT2D eigenvalue weighted by atomic mass is 10.1. The first-order valence-corrected chi connectivity index (χ1v) is 6.33. The van der Waals surface area contributed by atoms with E-state index in [1.165, 1.54) is 0 Å². The number of guanidine groups is 1. The molecule has 0 bridgehead atoms. The average molecular weight is 317 g/mol. The molecule has 1 aliphatic rings. The normalized spacial score (nSPS) is 27.8. The van der Waals surface area contributed by atoms with Gasteiger partial charge in [-0.2, -0.15) is 0 Å². The van der Waals surface area contributed by atoms with E-state index in [4.69, 9.17) is 21.3 Å². The number of nitrogens with two attached hydrogens (primary N) is 2. The van der Waals surface area contributed by atoms with Gasteiger partial charge in [0.25, 0.3) is 5.56 Å². The van der Waals surface area contributed by atoms with E-state index in [1.54, 1.807) is 0 Å². The summed E-state index contributed by atoms with van der Waals surface area (Å²) in [5.74, 6) is -0.256. The predicted molar refractivity (Wildman–Crippen MR) is 72.7 cm³/mol. The summed E-state index contributed by atoms with van der Waals surface area (Å²) < 4.78 is 19.9. The molecule has 1 aromatic heterocycles. The van der Waals surface area contributed by atoms with Crippen molar-refractivity contribution in [3.05, 3.63) is 32.6 Å². The second-order valence-electron chi connectivity index (χ2n) is 4.74. The zero-order chi connectivity index (χ0) is 16.4. The number of alkyl halides is 1. The van der Waals surface area contributed by atoms with Crippen molar-refractivity contribution >= 4 is 5.96 Å². The molecule has 2 rings (SSSR count). The van der Waals surface area contributed by atoms with Crippen LogP contribution in [-0.4, -0.2) is 50.7 Å². The van der Waals surface area contributed by atoms with Crippen LogP contribution in [0, 0.1) is 0 Å². The Bertz CT molecular complexity index is 682. The highest BCUT2D eigenvalue weighted by molar-refractivity contribution is 5.75. The lowest BCUT2D eigenvalue weighted by Crippen LogP contribution is -2.37. The van der Waals surface area contributed by atoms with Crippen molar-refractivity contribution in [2.45, 2.75) is 31.2 Å². The van der Waals surface area contributed by atoms with Crippen molar-refractivity contribution < 1.29 is 19.3 Å². The Morgan fingerprint density at radius 1 is 1.50 bits per heavy atom. The minimum Gasteiger partial charge on any atom is -0.394 e. The number of aliphatic imine (C=N–C) groups is 1. The number of rotatable bonds is 4. The standard InChI is InChI=1S/C11H16FN5O5/c12-6-7(19)5(3-18)22-9(6)17-2-4(1-15-10(13)14)8(20)16-11(17)21/h2,5-7,9,18-19H,1,3H2,(H4,13,14,15)(H,16,20,21)/t5-,6-,7-,9-/m1/s1. The molecule has 0 amide bonds. The molecule has 0 unspecified atom stereocenters. The van der Waals surface area contributed by atoms with E-state index in [1.807, 2.05) is 4.98 Å². The Kier molecular flexibility index (Phi) is 4.59.